The number of hydrogen-bond acceptors (Lipinski definition) is 2. The Morgan fingerprint density at radius 1 is 1.15 bits per heavy atom. The molecule has 5 heteroatoms. The number of halogens is 2. The number of carbonyl (C=O) groups excluding carboxylic acids is 1. The molecule has 3 N–H and O–H groups in total. The standard InChI is InChI=1S/C15H10BrClN2O/c16-10-4-2-6-12-13(10)9(7-19-12)15(20)8-3-1-5-11(18)14(8)17/h1-7,19H,18H2. The summed E-state index contributed by atoms with van der Waals surface area (Å²) in [5, 5.41) is 1.13. The molecule has 0 aliphatic carbocycles. The van der Waals surface area contributed by atoms with Gasteiger partial charge in [-0.2, -0.15) is 0 Å². The van der Waals surface area contributed by atoms with Crippen LogP contribution < -0.4 is 5.73 Å². The Morgan fingerprint density at radius 3 is 2.70 bits per heavy atom. The molecule has 0 fully saturated rings. The molecule has 0 saturated heterocycles. The van der Waals surface area contributed by atoms with Crippen molar-refractivity contribution in [3.05, 3.63) is 63.2 Å². The Balaban J connectivity index is 2.21. The predicted octanol–water partition coefficient (Wildman–Crippen LogP) is 4.40. The van der Waals surface area contributed by atoms with Crippen molar-refractivity contribution in [2.24, 2.45) is 0 Å². The summed E-state index contributed by atoms with van der Waals surface area (Å²) in [6.07, 6.45) is 1.69. The lowest BCUT2D eigenvalue weighted by Gasteiger charge is -2.05. The van der Waals surface area contributed by atoms with Gasteiger partial charge < -0.3 is 10.7 Å². The van der Waals surface area contributed by atoms with Gasteiger partial charge in [-0.05, 0) is 24.3 Å². The van der Waals surface area contributed by atoms with Crippen LogP contribution in [0.4, 0.5) is 5.69 Å². The molecule has 0 aliphatic rings. The molecule has 1 heterocycles. The van der Waals surface area contributed by atoms with Crippen LogP contribution in [0.5, 0.6) is 0 Å². The number of H-pyrrole nitrogens is 1. The van der Waals surface area contributed by atoms with Crippen LogP contribution in [-0.4, -0.2) is 10.8 Å². The van der Waals surface area contributed by atoms with E-state index in [0.29, 0.717) is 21.8 Å². The van der Waals surface area contributed by atoms with E-state index in [1.165, 1.54) is 0 Å². The smallest absolute Gasteiger partial charge is 0.196 e. The van der Waals surface area contributed by atoms with E-state index >= 15 is 0 Å². The highest BCUT2D eigenvalue weighted by Gasteiger charge is 2.19. The second-order valence-corrected chi connectivity index (χ2v) is 5.63. The normalized spacial score (nSPS) is 10.9. The molecule has 20 heavy (non-hydrogen) atoms. The van der Waals surface area contributed by atoms with Crippen LogP contribution in [-0.2, 0) is 0 Å². The molecule has 2 aromatic carbocycles. The molecule has 3 nitrogen and oxygen atoms in total. The van der Waals surface area contributed by atoms with Crippen molar-refractivity contribution < 1.29 is 4.79 Å². The average Bonchev–Trinajstić information content (AvgIpc) is 2.86. The third-order valence-corrected chi connectivity index (χ3v) is 4.26. The number of ketones is 1. The van der Waals surface area contributed by atoms with Crippen molar-refractivity contribution in [2.75, 3.05) is 5.73 Å². The maximum Gasteiger partial charge on any atom is 0.196 e. The number of aromatic amines is 1. The lowest BCUT2D eigenvalue weighted by molar-refractivity contribution is 0.104. The first-order valence-electron chi connectivity index (χ1n) is 5.94. The molecule has 0 atom stereocenters. The maximum absolute atomic E-state index is 12.7. The Morgan fingerprint density at radius 2 is 1.90 bits per heavy atom. The molecule has 3 aromatic rings. The first-order chi connectivity index (χ1) is 9.59. The molecule has 0 amide bonds. The molecule has 0 spiro atoms. The van der Waals surface area contributed by atoms with Crippen molar-refractivity contribution in [1.29, 1.82) is 0 Å². The second kappa shape index (κ2) is 4.96. The molecule has 3 rings (SSSR count). The zero-order chi connectivity index (χ0) is 14.3. The van der Waals surface area contributed by atoms with Crippen LogP contribution in [0.2, 0.25) is 5.02 Å². The van der Waals surface area contributed by atoms with Crippen LogP contribution in [0.15, 0.2) is 47.1 Å². The number of nitrogens with one attached hydrogen (secondary N) is 1. The highest BCUT2D eigenvalue weighted by Crippen LogP contribution is 2.31. The van der Waals surface area contributed by atoms with Gasteiger partial charge in [0.25, 0.3) is 0 Å². The van der Waals surface area contributed by atoms with Gasteiger partial charge in [-0.1, -0.05) is 39.7 Å². The maximum atomic E-state index is 12.7. The number of nitrogens with two attached hydrogens (primary N) is 1. The predicted molar refractivity (Wildman–Crippen MR) is 85.3 cm³/mol. The van der Waals surface area contributed by atoms with Gasteiger partial charge in [0.2, 0.25) is 0 Å². The lowest BCUT2D eigenvalue weighted by Crippen LogP contribution is -2.03. The first-order valence-corrected chi connectivity index (χ1v) is 7.11. The molecule has 100 valence electrons. The molecule has 1 aromatic heterocycles. The van der Waals surface area contributed by atoms with E-state index in [0.717, 1.165) is 15.4 Å². The highest BCUT2D eigenvalue weighted by atomic mass is 79.9. The quantitative estimate of drug-likeness (QED) is 0.532. The molecule has 0 aliphatic heterocycles. The van der Waals surface area contributed by atoms with E-state index in [9.17, 15) is 4.79 Å². The van der Waals surface area contributed by atoms with Crippen molar-refractivity contribution in [2.45, 2.75) is 0 Å². The molecule has 0 unspecified atom stereocenters. The van der Waals surface area contributed by atoms with Crippen LogP contribution in [0.1, 0.15) is 15.9 Å². The van der Waals surface area contributed by atoms with E-state index in [-0.39, 0.29) is 5.78 Å². The van der Waals surface area contributed by atoms with Gasteiger partial charge in [0, 0.05) is 32.7 Å². The summed E-state index contributed by atoms with van der Waals surface area (Å²) in [6, 6.07) is 10.8. The Kier molecular flexibility index (Phi) is 3.28. The molecular formula is C15H10BrClN2O. The Hall–Kier alpha value is -1.78. The summed E-state index contributed by atoms with van der Waals surface area (Å²) in [5.41, 5.74) is 8.02. The van der Waals surface area contributed by atoms with Gasteiger partial charge in [0.05, 0.1) is 10.7 Å². The monoisotopic (exact) mass is 348 g/mol. The number of hydrogen-bond donors (Lipinski definition) is 2. The van der Waals surface area contributed by atoms with E-state index in [2.05, 4.69) is 20.9 Å². The number of benzene rings is 2. The largest absolute Gasteiger partial charge is 0.398 e. The number of anilines is 1. The lowest BCUT2D eigenvalue weighted by atomic mass is 10.0. The summed E-state index contributed by atoms with van der Waals surface area (Å²) >= 11 is 9.60. The van der Waals surface area contributed by atoms with E-state index in [1.807, 2.05) is 18.2 Å². The number of rotatable bonds is 2. The van der Waals surface area contributed by atoms with Gasteiger partial charge in [0.15, 0.2) is 5.78 Å². The molecule has 0 radical (unpaired) electrons. The van der Waals surface area contributed by atoms with Crippen molar-refractivity contribution in [3.63, 3.8) is 0 Å². The van der Waals surface area contributed by atoms with Gasteiger partial charge in [-0.15, -0.1) is 0 Å². The van der Waals surface area contributed by atoms with Crippen molar-refractivity contribution >= 4 is 49.9 Å². The summed E-state index contributed by atoms with van der Waals surface area (Å²) in [4.78, 5) is 15.8. The van der Waals surface area contributed by atoms with Crippen LogP contribution >= 0.6 is 27.5 Å². The third kappa shape index (κ3) is 2.01. The van der Waals surface area contributed by atoms with Gasteiger partial charge in [-0.25, -0.2) is 0 Å². The van der Waals surface area contributed by atoms with Crippen LogP contribution in [0, 0.1) is 0 Å². The minimum absolute atomic E-state index is 0.152. The molecule has 0 saturated carbocycles. The zero-order valence-electron chi connectivity index (χ0n) is 10.3. The minimum atomic E-state index is -0.152. The number of carbonyl (C=O) groups is 1. The van der Waals surface area contributed by atoms with Crippen molar-refractivity contribution in [1.82, 2.24) is 4.98 Å². The Bertz CT molecular complexity index is 826. The fourth-order valence-electron chi connectivity index (χ4n) is 2.19. The van der Waals surface area contributed by atoms with Crippen LogP contribution in [0.3, 0.4) is 0 Å². The zero-order valence-corrected chi connectivity index (χ0v) is 12.6. The number of fused-ring (bicyclic) bond motifs is 1. The molecular weight excluding hydrogens is 340 g/mol. The first kappa shape index (κ1) is 13.2. The number of aromatic nitrogens is 1. The van der Waals surface area contributed by atoms with Gasteiger partial charge in [0.1, 0.15) is 0 Å². The van der Waals surface area contributed by atoms with E-state index in [1.54, 1.807) is 24.4 Å². The van der Waals surface area contributed by atoms with Crippen molar-refractivity contribution in [3.8, 4) is 0 Å². The fraction of sp³-hybridized carbons (Fsp3) is 0. The summed E-state index contributed by atoms with van der Waals surface area (Å²) in [5.74, 6) is -0.152. The third-order valence-electron chi connectivity index (χ3n) is 3.17. The summed E-state index contributed by atoms with van der Waals surface area (Å²) in [7, 11) is 0. The van der Waals surface area contributed by atoms with E-state index < -0.39 is 0 Å². The van der Waals surface area contributed by atoms with Gasteiger partial charge >= 0.3 is 0 Å². The van der Waals surface area contributed by atoms with Gasteiger partial charge in [-0.3, -0.25) is 4.79 Å². The molecule has 0 bridgehead atoms. The topological polar surface area (TPSA) is 58.9 Å². The fourth-order valence-corrected chi connectivity index (χ4v) is 2.98. The summed E-state index contributed by atoms with van der Waals surface area (Å²) < 4.78 is 0.861. The van der Waals surface area contributed by atoms with E-state index in [4.69, 9.17) is 17.3 Å². The average molecular weight is 350 g/mol. The summed E-state index contributed by atoms with van der Waals surface area (Å²) in [6.45, 7) is 0. The Labute approximate surface area is 128 Å². The second-order valence-electron chi connectivity index (χ2n) is 4.40. The van der Waals surface area contributed by atoms with Crippen LogP contribution in [0.25, 0.3) is 10.9 Å². The SMILES string of the molecule is Nc1cccc(C(=O)c2c[nH]c3cccc(Br)c23)c1Cl. The highest BCUT2D eigenvalue weighted by molar-refractivity contribution is 9.10. The minimum Gasteiger partial charge on any atom is -0.398 e. The number of nitrogen functional groups attached to an aromatic ring is 1.